The van der Waals surface area contributed by atoms with E-state index in [1.165, 1.54) is 18.4 Å². The van der Waals surface area contributed by atoms with Crippen LogP contribution in [-0.2, 0) is 4.79 Å². The number of anilines is 1. The van der Waals surface area contributed by atoms with Crippen LogP contribution in [0.1, 0.15) is 44.1 Å². The molecule has 158 valence electrons. The summed E-state index contributed by atoms with van der Waals surface area (Å²) in [5, 5.41) is 5.77. The maximum Gasteiger partial charge on any atom is 0.227 e. The molecule has 4 heterocycles. The summed E-state index contributed by atoms with van der Waals surface area (Å²) in [5.41, 5.74) is 3.31. The van der Waals surface area contributed by atoms with Crippen LogP contribution in [0.3, 0.4) is 0 Å². The number of piperidine rings is 1. The lowest BCUT2D eigenvalue weighted by Crippen LogP contribution is -2.45. The predicted molar refractivity (Wildman–Crippen MR) is 121 cm³/mol. The molecule has 2 fully saturated rings. The molecular weight excluding hydrogens is 394 g/mol. The van der Waals surface area contributed by atoms with Crippen molar-refractivity contribution in [3.05, 3.63) is 36.0 Å². The van der Waals surface area contributed by atoms with Crippen molar-refractivity contribution in [1.29, 1.82) is 0 Å². The van der Waals surface area contributed by atoms with Crippen molar-refractivity contribution in [2.24, 2.45) is 5.92 Å². The van der Waals surface area contributed by atoms with Crippen LogP contribution in [0.2, 0.25) is 0 Å². The lowest BCUT2D eigenvalue weighted by atomic mass is 9.96. The van der Waals surface area contributed by atoms with E-state index in [1.54, 1.807) is 11.3 Å². The maximum atomic E-state index is 13.1. The van der Waals surface area contributed by atoms with Gasteiger partial charge in [-0.15, -0.1) is 5.10 Å². The highest BCUT2D eigenvalue weighted by Gasteiger charge is 2.31. The van der Waals surface area contributed by atoms with Crippen LogP contribution in [0, 0.1) is 12.8 Å². The first kappa shape index (κ1) is 19.5. The number of carbonyl (C=O) groups excluding carboxylic acids is 1. The van der Waals surface area contributed by atoms with E-state index >= 15 is 0 Å². The normalized spacial score (nSPS) is 20.5. The molecule has 2 aromatic heterocycles. The zero-order chi connectivity index (χ0) is 20.5. The van der Waals surface area contributed by atoms with Gasteiger partial charge in [-0.05, 0) is 32.6 Å². The van der Waals surface area contributed by atoms with Gasteiger partial charge in [-0.1, -0.05) is 54.0 Å². The molecule has 0 spiro atoms. The molecule has 0 saturated carbocycles. The molecule has 2 aliphatic rings. The quantitative estimate of drug-likeness (QED) is 0.627. The van der Waals surface area contributed by atoms with Crippen molar-refractivity contribution < 1.29 is 4.79 Å². The highest BCUT2D eigenvalue weighted by molar-refractivity contribution is 7.20. The van der Waals surface area contributed by atoms with Crippen LogP contribution >= 0.6 is 11.3 Å². The summed E-state index contributed by atoms with van der Waals surface area (Å²) in [5.74, 6) is 0.445. The maximum absolute atomic E-state index is 13.1. The third-order valence-corrected chi connectivity index (χ3v) is 7.32. The van der Waals surface area contributed by atoms with E-state index in [1.807, 2.05) is 10.7 Å². The number of nitrogens with zero attached hydrogens (tertiary/aromatic N) is 5. The summed E-state index contributed by atoms with van der Waals surface area (Å²) in [4.78, 5) is 23.2. The molecule has 0 unspecified atom stereocenters. The summed E-state index contributed by atoms with van der Waals surface area (Å²) in [6.07, 6.45) is 8.84. The lowest BCUT2D eigenvalue weighted by molar-refractivity contribution is -0.135. The number of rotatable bonds is 3. The molecule has 3 aromatic rings. The second kappa shape index (κ2) is 8.38. The number of aromatic nitrogens is 3. The van der Waals surface area contributed by atoms with Crippen molar-refractivity contribution in [2.75, 3.05) is 31.1 Å². The molecule has 0 N–H and O–H groups in total. The first-order valence-electron chi connectivity index (χ1n) is 11.1. The monoisotopic (exact) mass is 423 g/mol. The Balaban J connectivity index is 1.30. The van der Waals surface area contributed by atoms with Crippen molar-refractivity contribution >= 4 is 27.3 Å². The van der Waals surface area contributed by atoms with Crippen molar-refractivity contribution in [3.63, 3.8) is 0 Å². The van der Waals surface area contributed by atoms with Gasteiger partial charge in [-0.25, -0.2) is 9.50 Å². The van der Waals surface area contributed by atoms with Gasteiger partial charge in [-0.2, -0.15) is 0 Å². The smallest absolute Gasteiger partial charge is 0.227 e. The highest BCUT2D eigenvalue weighted by atomic mass is 32.1. The van der Waals surface area contributed by atoms with Crippen LogP contribution in [0.15, 0.2) is 30.5 Å². The van der Waals surface area contributed by atoms with E-state index in [4.69, 9.17) is 10.1 Å². The fourth-order valence-electron chi connectivity index (χ4n) is 4.58. The number of benzene rings is 1. The van der Waals surface area contributed by atoms with Gasteiger partial charge in [-0.3, -0.25) is 4.79 Å². The summed E-state index contributed by atoms with van der Waals surface area (Å²) in [6.45, 7) is 5.69. The van der Waals surface area contributed by atoms with Crippen molar-refractivity contribution in [3.8, 4) is 11.3 Å². The van der Waals surface area contributed by atoms with Gasteiger partial charge in [0.05, 0.1) is 17.8 Å². The van der Waals surface area contributed by atoms with Crippen molar-refractivity contribution in [1.82, 2.24) is 19.5 Å². The fourth-order valence-corrected chi connectivity index (χ4v) is 5.50. The predicted octanol–water partition coefficient (Wildman–Crippen LogP) is 4.39. The van der Waals surface area contributed by atoms with Crippen LogP contribution in [0.4, 0.5) is 5.13 Å². The molecule has 0 aliphatic carbocycles. The average molecular weight is 424 g/mol. The van der Waals surface area contributed by atoms with Gasteiger partial charge < -0.3 is 9.80 Å². The number of fused-ring (bicyclic) bond motifs is 1. The van der Waals surface area contributed by atoms with Gasteiger partial charge in [0.25, 0.3) is 0 Å². The molecule has 1 aromatic carbocycles. The molecule has 6 nitrogen and oxygen atoms in total. The standard InChI is InChI=1S/C23H29N5OS/c1-17-8-10-18(11-9-17)20-16-28-22(24-20)30-23(25-28)27-14-6-7-19(15-27)21(29)26-12-4-2-3-5-13-26/h8-11,16,19H,2-7,12-15H2,1H3/t19-/m1/s1. The van der Waals surface area contributed by atoms with Gasteiger partial charge >= 0.3 is 0 Å². The van der Waals surface area contributed by atoms with Crippen LogP contribution in [-0.4, -0.2) is 51.6 Å². The number of amides is 1. The van der Waals surface area contributed by atoms with Crippen LogP contribution in [0.25, 0.3) is 16.2 Å². The largest absolute Gasteiger partial charge is 0.346 e. The SMILES string of the molecule is Cc1ccc(-c2cn3nc(N4CCC[C@@H](C(=O)N5CCCCCC5)C4)sc3n2)cc1. The molecule has 0 bridgehead atoms. The molecule has 0 radical (unpaired) electrons. The van der Waals surface area contributed by atoms with Gasteiger partial charge in [0.2, 0.25) is 16.0 Å². The molecule has 30 heavy (non-hydrogen) atoms. The summed E-state index contributed by atoms with van der Waals surface area (Å²) >= 11 is 1.62. The number of likely N-dealkylation sites (tertiary alicyclic amines) is 1. The minimum Gasteiger partial charge on any atom is -0.346 e. The van der Waals surface area contributed by atoms with Crippen molar-refractivity contribution in [2.45, 2.75) is 45.4 Å². The van der Waals surface area contributed by atoms with E-state index < -0.39 is 0 Å². The first-order valence-corrected chi connectivity index (χ1v) is 12.0. The van der Waals surface area contributed by atoms with E-state index in [2.05, 4.69) is 41.0 Å². The van der Waals surface area contributed by atoms with Gasteiger partial charge in [0, 0.05) is 31.7 Å². The van der Waals surface area contributed by atoms with E-state index in [0.717, 1.165) is 73.2 Å². The Bertz CT molecular complexity index is 985. The molecule has 2 aliphatic heterocycles. The van der Waals surface area contributed by atoms with Gasteiger partial charge in [0.15, 0.2) is 0 Å². The lowest BCUT2D eigenvalue weighted by Gasteiger charge is -2.34. The molecule has 1 amide bonds. The Labute approximate surface area is 181 Å². The minimum atomic E-state index is 0.0937. The zero-order valence-electron chi connectivity index (χ0n) is 17.6. The summed E-state index contributed by atoms with van der Waals surface area (Å²) < 4.78 is 1.88. The fraction of sp³-hybridized carbons (Fsp3) is 0.522. The Hall–Kier alpha value is -2.41. The number of hydrogen-bond donors (Lipinski definition) is 0. The molecular formula is C23H29N5OS. The van der Waals surface area contributed by atoms with Crippen LogP contribution in [0.5, 0.6) is 0 Å². The van der Waals surface area contributed by atoms with E-state index in [0.29, 0.717) is 5.91 Å². The third-order valence-electron chi connectivity index (χ3n) is 6.34. The average Bonchev–Trinajstić information content (AvgIpc) is 3.22. The highest BCUT2D eigenvalue weighted by Crippen LogP contribution is 2.30. The second-order valence-corrected chi connectivity index (χ2v) is 9.56. The van der Waals surface area contributed by atoms with E-state index in [9.17, 15) is 4.79 Å². The topological polar surface area (TPSA) is 53.7 Å². The Kier molecular flexibility index (Phi) is 5.46. The number of imidazole rings is 1. The zero-order valence-corrected chi connectivity index (χ0v) is 18.4. The van der Waals surface area contributed by atoms with Crippen LogP contribution < -0.4 is 4.90 Å². The first-order chi connectivity index (χ1) is 14.7. The van der Waals surface area contributed by atoms with E-state index in [-0.39, 0.29) is 5.92 Å². The molecule has 5 rings (SSSR count). The Morgan fingerprint density at radius 2 is 1.80 bits per heavy atom. The Morgan fingerprint density at radius 1 is 1.03 bits per heavy atom. The number of hydrogen-bond acceptors (Lipinski definition) is 5. The summed E-state index contributed by atoms with van der Waals surface area (Å²) in [7, 11) is 0. The molecule has 7 heteroatoms. The minimum absolute atomic E-state index is 0.0937. The summed E-state index contributed by atoms with van der Waals surface area (Å²) in [6, 6.07) is 8.42. The number of aryl methyl sites for hydroxylation is 1. The van der Waals surface area contributed by atoms with Gasteiger partial charge in [0.1, 0.15) is 0 Å². The molecule has 1 atom stereocenters. The second-order valence-electron chi connectivity index (χ2n) is 8.63. The Morgan fingerprint density at radius 3 is 2.53 bits per heavy atom. The molecule has 2 saturated heterocycles. The third kappa shape index (κ3) is 3.95. The number of carbonyl (C=O) groups is 1.